The van der Waals surface area contributed by atoms with Crippen LogP contribution < -0.4 is 10.1 Å². The average molecular weight is 305 g/mol. The largest absolute Gasteiger partial charge is 0.481 e. The van der Waals surface area contributed by atoms with Gasteiger partial charge in [0.15, 0.2) is 5.17 Å². The van der Waals surface area contributed by atoms with E-state index in [-0.39, 0.29) is 0 Å². The molecule has 1 N–H and O–H groups in total. The minimum Gasteiger partial charge on any atom is -0.481 e. The lowest BCUT2D eigenvalue weighted by Crippen LogP contribution is -2.46. The maximum absolute atomic E-state index is 5.07. The molecule has 0 bridgehead atoms. The second kappa shape index (κ2) is 6.26. The second-order valence-corrected chi connectivity index (χ2v) is 7.17. The van der Waals surface area contributed by atoms with E-state index in [0.717, 1.165) is 16.6 Å². The summed E-state index contributed by atoms with van der Waals surface area (Å²) < 4.78 is 5.07. The third-order valence-electron chi connectivity index (χ3n) is 4.50. The van der Waals surface area contributed by atoms with Crippen LogP contribution in [0.5, 0.6) is 5.88 Å². The van der Waals surface area contributed by atoms with Gasteiger partial charge >= 0.3 is 0 Å². The summed E-state index contributed by atoms with van der Waals surface area (Å²) in [4.78, 5) is 8.92. The van der Waals surface area contributed by atoms with Crippen molar-refractivity contribution in [3.63, 3.8) is 0 Å². The molecule has 2 aliphatic rings. The maximum Gasteiger partial charge on any atom is 0.212 e. The van der Waals surface area contributed by atoms with Crippen molar-refractivity contribution in [3.8, 4) is 5.88 Å². The number of thioether (sulfide) groups is 1. The Bertz CT molecular complexity index is 507. The summed E-state index contributed by atoms with van der Waals surface area (Å²) in [7, 11) is 1.63. The highest BCUT2D eigenvalue weighted by Crippen LogP contribution is 2.38. The molecule has 0 unspecified atom stereocenters. The van der Waals surface area contributed by atoms with E-state index in [1.807, 2.05) is 30.1 Å². The van der Waals surface area contributed by atoms with Crippen LogP contribution in [0, 0.1) is 5.92 Å². The lowest BCUT2D eigenvalue weighted by molar-refractivity contribution is 0.251. The predicted molar refractivity (Wildman–Crippen MR) is 87.9 cm³/mol. The Labute approximate surface area is 130 Å². The molecule has 21 heavy (non-hydrogen) atoms. The molecule has 1 aromatic heterocycles. The fourth-order valence-electron chi connectivity index (χ4n) is 2.96. The van der Waals surface area contributed by atoms with Gasteiger partial charge in [-0.1, -0.05) is 24.8 Å². The third kappa shape index (κ3) is 3.51. The summed E-state index contributed by atoms with van der Waals surface area (Å²) in [5.74, 6) is 2.70. The highest BCUT2D eigenvalue weighted by molar-refractivity contribution is 8.14. The summed E-state index contributed by atoms with van der Waals surface area (Å²) in [5.41, 5.74) is 1.43. The first-order valence-corrected chi connectivity index (χ1v) is 8.62. The molecule has 1 aliphatic heterocycles. The molecular formula is C16H23N3OS. The highest BCUT2D eigenvalue weighted by atomic mass is 32.2. The van der Waals surface area contributed by atoms with E-state index in [9.17, 15) is 0 Å². The van der Waals surface area contributed by atoms with Gasteiger partial charge in [-0.3, -0.25) is 4.99 Å². The monoisotopic (exact) mass is 305 g/mol. The number of rotatable bonds is 3. The van der Waals surface area contributed by atoms with Crippen molar-refractivity contribution < 1.29 is 4.74 Å². The molecule has 4 nitrogen and oxygen atoms in total. The lowest BCUT2D eigenvalue weighted by atomic mass is 9.78. The third-order valence-corrected chi connectivity index (χ3v) is 5.70. The van der Waals surface area contributed by atoms with E-state index in [2.05, 4.69) is 17.2 Å². The molecule has 5 heteroatoms. The van der Waals surface area contributed by atoms with Crippen molar-refractivity contribution in [1.29, 1.82) is 0 Å². The summed E-state index contributed by atoms with van der Waals surface area (Å²) >= 11 is 1.87. The van der Waals surface area contributed by atoms with E-state index >= 15 is 0 Å². The smallest absolute Gasteiger partial charge is 0.212 e. The number of hydrogen-bond acceptors (Lipinski definition) is 4. The normalized spacial score (nSPS) is 30.6. The van der Waals surface area contributed by atoms with Crippen molar-refractivity contribution in [3.05, 3.63) is 23.9 Å². The second-order valence-electron chi connectivity index (χ2n) is 6.21. The topological polar surface area (TPSA) is 46.5 Å². The number of aromatic nitrogens is 1. The van der Waals surface area contributed by atoms with Gasteiger partial charge in [0.2, 0.25) is 5.88 Å². The molecule has 0 atom stereocenters. The van der Waals surface area contributed by atoms with Crippen LogP contribution in [0.25, 0.3) is 0 Å². The highest BCUT2D eigenvalue weighted by Gasteiger charge is 2.39. The molecule has 3 rings (SSSR count). The molecule has 1 aliphatic carbocycles. The van der Waals surface area contributed by atoms with E-state index in [1.165, 1.54) is 31.4 Å². The molecule has 1 saturated carbocycles. The maximum atomic E-state index is 5.07. The fraction of sp³-hybridized carbons (Fsp3) is 0.625. The summed E-state index contributed by atoms with van der Waals surface area (Å²) in [6.07, 6.45) is 7.07. The van der Waals surface area contributed by atoms with E-state index in [0.29, 0.717) is 18.0 Å². The number of amidine groups is 1. The zero-order valence-corrected chi connectivity index (χ0v) is 13.6. The zero-order chi connectivity index (χ0) is 14.7. The van der Waals surface area contributed by atoms with Crippen LogP contribution >= 0.6 is 11.8 Å². The summed E-state index contributed by atoms with van der Waals surface area (Å²) in [6, 6.07) is 3.91. The first-order chi connectivity index (χ1) is 10.2. The van der Waals surface area contributed by atoms with Gasteiger partial charge in [0, 0.05) is 23.6 Å². The van der Waals surface area contributed by atoms with Gasteiger partial charge in [-0.25, -0.2) is 4.98 Å². The Hall–Kier alpha value is -1.23. The van der Waals surface area contributed by atoms with E-state index in [4.69, 9.17) is 9.73 Å². The molecule has 1 spiro atoms. The molecule has 0 aromatic carbocycles. The van der Waals surface area contributed by atoms with Crippen molar-refractivity contribution in [2.24, 2.45) is 10.9 Å². The van der Waals surface area contributed by atoms with Crippen LogP contribution in [0.1, 0.15) is 38.2 Å². The van der Waals surface area contributed by atoms with Crippen molar-refractivity contribution >= 4 is 16.9 Å². The van der Waals surface area contributed by atoms with Gasteiger partial charge in [0.05, 0.1) is 13.7 Å². The Morgan fingerprint density at radius 2 is 2.24 bits per heavy atom. The van der Waals surface area contributed by atoms with Crippen LogP contribution in [-0.4, -0.2) is 28.6 Å². The minimum absolute atomic E-state index is 0.314. The van der Waals surface area contributed by atoms with Gasteiger partial charge in [0.25, 0.3) is 0 Å². The Balaban J connectivity index is 1.58. The van der Waals surface area contributed by atoms with Gasteiger partial charge < -0.3 is 10.1 Å². The van der Waals surface area contributed by atoms with Gasteiger partial charge in [-0.05, 0) is 37.2 Å². The molecular weight excluding hydrogens is 282 g/mol. The van der Waals surface area contributed by atoms with Crippen LogP contribution in [0.3, 0.4) is 0 Å². The predicted octanol–water partition coefficient (Wildman–Crippen LogP) is 3.23. The first kappa shape index (κ1) is 14.7. The molecule has 1 aromatic rings. The molecule has 0 amide bonds. The SMILES string of the molecule is COc1ccc(CN=C2NC3(CCC(C)CC3)CS2)cn1. The van der Waals surface area contributed by atoms with Crippen molar-refractivity contribution in [2.45, 2.75) is 44.7 Å². The standard InChI is InChI=1S/C16H23N3OS/c1-12-5-7-16(8-6-12)11-21-15(19-16)18-10-13-3-4-14(20-2)17-9-13/h3-4,9,12H,5-8,10-11H2,1-2H3,(H,18,19). The fourth-order valence-corrected chi connectivity index (χ4v) is 4.18. The van der Waals surface area contributed by atoms with E-state index in [1.54, 1.807) is 7.11 Å². The van der Waals surface area contributed by atoms with Gasteiger partial charge in [0.1, 0.15) is 0 Å². The first-order valence-electron chi connectivity index (χ1n) is 7.63. The Morgan fingerprint density at radius 3 is 2.90 bits per heavy atom. The number of nitrogens with one attached hydrogen (secondary N) is 1. The molecule has 2 heterocycles. The van der Waals surface area contributed by atoms with Crippen LogP contribution in [-0.2, 0) is 6.54 Å². The lowest BCUT2D eigenvalue weighted by Gasteiger charge is -2.35. The van der Waals surface area contributed by atoms with Crippen LogP contribution in [0.2, 0.25) is 0 Å². The molecule has 2 fully saturated rings. The van der Waals surface area contributed by atoms with Crippen molar-refractivity contribution in [1.82, 2.24) is 10.3 Å². The van der Waals surface area contributed by atoms with Crippen LogP contribution in [0.4, 0.5) is 0 Å². The van der Waals surface area contributed by atoms with Gasteiger partial charge in [-0.15, -0.1) is 0 Å². The zero-order valence-electron chi connectivity index (χ0n) is 12.8. The number of pyridine rings is 1. The Kier molecular flexibility index (Phi) is 4.38. The Morgan fingerprint density at radius 1 is 1.43 bits per heavy atom. The van der Waals surface area contributed by atoms with Crippen molar-refractivity contribution in [2.75, 3.05) is 12.9 Å². The van der Waals surface area contributed by atoms with E-state index < -0.39 is 0 Å². The summed E-state index contributed by atoms with van der Waals surface area (Å²) in [6.45, 7) is 3.04. The molecule has 1 saturated heterocycles. The number of methoxy groups -OCH3 is 1. The average Bonchev–Trinajstić information content (AvgIpc) is 2.92. The minimum atomic E-state index is 0.314. The van der Waals surface area contributed by atoms with Gasteiger partial charge in [-0.2, -0.15) is 0 Å². The number of aliphatic imine (C=N–C) groups is 1. The summed E-state index contributed by atoms with van der Waals surface area (Å²) in [5, 5.41) is 4.79. The number of nitrogens with zero attached hydrogens (tertiary/aromatic N) is 2. The molecule has 0 radical (unpaired) electrons. The molecule has 114 valence electrons. The quantitative estimate of drug-likeness (QED) is 0.931. The number of ether oxygens (including phenoxy) is 1. The number of hydrogen-bond donors (Lipinski definition) is 1. The van der Waals surface area contributed by atoms with Crippen LogP contribution in [0.15, 0.2) is 23.3 Å².